The number of benzene rings is 1. The molecule has 6 atom stereocenters. The summed E-state index contributed by atoms with van der Waals surface area (Å²) in [5.41, 5.74) is -0.280. The standard InChI is InChI=1S/C20H30N2O6.C13H23NO6/c1-20(2,3)28-19(24)22-16-10-15(11-17(16)27-13-25-4)21-18(23)26-12-14-8-6-5-7-9-14;1-13(2,3)20-12(17)14-9-5-8(11(15)16)6-10(9)19-7-18-4/h5-9,15-17H,10-13H2,1-4H3,(H,21,23)(H,22,24);8-10H,5-7H2,1-4H3,(H,14,17)(H,15,16)/t15-,16+,17+;8-,9+,10+/m00/s1. The number of carboxylic acid groups (broad SMARTS) is 1. The summed E-state index contributed by atoms with van der Waals surface area (Å²) in [4.78, 5) is 47.0. The van der Waals surface area contributed by atoms with E-state index in [0.29, 0.717) is 25.7 Å². The van der Waals surface area contributed by atoms with Crippen LogP contribution < -0.4 is 16.0 Å². The van der Waals surface area contributed by atoms with E-state index < -0.39 is 41.4 Å². The Kier molecular flexibility index (Phi) is 16.3. The quantitative estimate of drug-likeness (QED) is 0.181. The Morgan fingerprint density at radius 2 is 1.21 bits per heavy atom. The summed E-state index contributed by atoms with van der Waals surface area (Å²) >= 11 is 0. The molecule has 0 saturated heterocycles. The minimum absolute atomic E-state index is 0.0590. The van der Waals surface area contributed by atoms with Crippen LogP contribution in [0.3, 0.4) is 0 Å². The zero-order valence-electron chi connectivity index (χ0n) is 29.2. The van der Waals surface area contributed by atoms with Gasteiger partial charge in [-0.1, -0.05) is 30.3 Å². The summed E-state index contributed by atoms with van der Waals surface area (Å²) in [7, 11) is 3.02. The predicted molar refractivity (Wildman–Crippen MR) is 173 cm³/mol. The van der Waals surface area contributed by atoms with Gasteiger partial charge in [0.1, 0.15) is 31.4 Å². The molecule has 2 aliphatic rings. The van der Waals surface area contributed by atoms with E-state index in [-0.39, 0.29) is 50.5 Å². The topological polar surface area (TPSA) is 189 Å². The van der Waals surface area contributed by atoms with Gasteiger partial charge in [-0.3, -0.25) is 4.79 Å². The van der Waals surface area contributed by atoms with Crippen LogP contribution in [0.15, 0.2) is 30.3 Å². The molecule has 0 bridgehead atoms. The lowest BCUT2D eigenvalue weighted by atomic mass is 10.1. The van der Waals surface area contributed by atoms with Gasteiger partial charge in [-0.15, -0.1) is 0 Å². The van der Waals surface area contributed by atoms with Crippen LogP contribution in [0.2, 0.25) is 0 Å². The molecule has 15 nitrogen and oxygen atoms in total. The zero-order valence-corrected chi connectivity index (χ0v) is 29.2. The smallest absolute Gasteiger partial charge is 0.407 e. The maximum Gasteiger partial charge on any atom is 0.407 e. The second-order valence-electron chi connectivity index (χ2n) is 13.6. The van der Waals surface area contributed by atoms with Crippen LogP contribution in [-0.2, 0) is 44.6 Å². The van der Waals surface area contributed by atoms with Crippen molar-refractivity contribution in [2.45, 2.75) is 115 Å². The highest BCUT2D eigenvalue weighted by atomic mass is 16.7. The number of aliphatic carboxylic acids is 1. The molecule has 3 rings (SSSR count). The van der Waals surface area contributed by atoms with Crippen LogP contribution in [0.25, 0.3) is 0 Å². The van der Waals surface area contributed by atoms with Gasteiger partial charge in [0.15, 0.2) is 0 Å². The van der Waals surface area contributed by atoms with E-state index in [1.807, 2.05) is 30.3 Å². The second-order valence-corrected chi connectivity index (χ2v) is 13.6. The summed E-state index contributed by atoms with van der Waals surface area (Å²) in [5, 5.41) is 17.4. The van der Waals surface area contributed by atoms with E-state index >= 15 is 0 Å². The van der Waals surface area contributed by atoms with Crippen LogP contribution in [-0.4, -0.2) is 98.7 Å². The minimum Gasteiger partial charge on any atom is -0.481 e. The molecular weight excluding hydrogens is 630 g/mol. The molecule has 4 N–H and O–H groups in total. The molecular formula is C33H53N3O12. The van der Waals surface area contributed by atoms with Crippen LogP contribution in [0, 0.1) is 5.92 Å². The third-order valence-corrected chi connectivity index (χ3v) is 7.10. The number of carboxylic acids is 1. The van der Waals surface area contributed by atoms with Crippen LogP contribution >= 0.6 is 0 Å². The molecule has 1 aromatic rings. The molecule has 0 unspecified atom stereocenters. The summed E-state index contributed by atoms with van der Waals surface area (Å²) < 4.78 is 36.6. The predicted octanol–water partition coefficient (Wildman–Crippen LogP) is 4.32. The van der Waals surface area contributed by atoms with Gasteiger partial charge >= 0.3 is 24.2 Å². The molecule has 0 spiro atoms. The fourth-order valence-electron chi connectivity index (χ4n) is 5.15. The minimum atomic E-state index is -0.885. The number of carbonyl (C=O) groups excluding carboxylic acids is 3. The van der Waals surface area contributed by atoms with Crippen LogP contribution in [0.5, 0.6) is 0 Å². The molecule has 0 aliphatic heterocycles. The van der Waals surface area contributed by atoms with Crippen molar-refractivity contribution < 1.29 is 57.4 Å². The monoisotopic (exact) mass is 683 g/mol. The van der Waals surface area contributed by atoms with Crippen molar-refractivity contribution in [2.24, 2.45) is 5.92 Å². The fourth-order valence-corrected chi connectivity index (χ4v) is 5.15. The lowest BCUT2D eigenvalue weighted by molar-refractivity contribution is -0.142. The van der Waals surface area contributed by atoms with E-state index in [1.54, 1.807) is 41.5 Å². The van der Waals surface area contributed by atoms with Gasteiger partial charge in [0, 0.05) is 20.3 Å². The molecule has 48 heavy (non-hydrogen) atoms. The molecule has 272 valence electrons. The highest BCUT2D eigenvalue weighted by Gasteiger charge is 2.40. The fraction of sp³-hybridized carbons (Fsp3) is 0.697. The van der Waals surface area contributed by atoms with Gasteiger partial charge in [-0.05, 0) is 72.8 Å². The molecule has 3 amide bonds. The molecule has 1 aromatic carbocycles. The Morgan fingerprint density at radius 1 is 0.708 bits per heavy atom. The molecule has 0 aromatic heterocycles. The Bertz CT molecular complexity index is 1150. The van der Waals surface area contributed by atoms with Crippen molar-refractivity contribution >= 4 is 24.2 Å². The Balaban J connectivity index is 0.000000353. The summed E-state index contributed by atoms with van der Waals surface area (Å²) in [6.45, 7) is 11.0. The zero-order chi connectivity index (χ0) is 35.9. The summed E-state index contributed by atoms with van der Waals surface area (Å²) in [6, 6.07) is 8.57. The van der Waals surface area contributed by atoms with Crippen molar-refractivity contribution in [1.29, 1.82) is 0 Å². The number of ether oxygens (including phenoxy) is 7. The maximum atomic E-state index is 12.1. The largest absolute Gasteiger partial charge is 0.481 e. The van der Waals surface area contributed by atoms with Crippen molar-refractivity contribution in [3.63, 3.8) is 0 Å². The average Bonchev–Trinajstić information content (AvgIpc) is 3.55. The number of methoxy groups -OCH3 is 2. The van der Waals surface area contributed by atoms with Gasteiger partial charge in [-0.2, -0.15) is 0 Å². The Labute approximate surface area is 282 Å². The third kappa shape index (κ3) is 16.0. The first-order valence-electron chi connectivity index (χ1n) is 15.9. The lowest BCUT2D eigenvalue weighted by Gasteiger charge is -2.24. The highest BCUT2D eigenvalue weighted by molar-refractivity contribution is 5.72. The van der Waals surface area contributed by atoms with Crippen molar-refractivity contribution in [1.82, 2.24) is 16.0 Å². The molecule has 2 aliphatic carbocycles. The third-order valence-electron chi connectivity index (χ3n) is 7.10. The van der Waals surface area contributed by atoms with E-state index in [1.165, 1.54) is 14.2 Å². The first kappa shape index (κ1) is 40.5. The van der Waals surface area contributed by atoms with Crippen molar-refractivity contribution in [2.75, 3.05) is 27.8 Å². The normalized spacial score (nSPS) is 23.7. The SMILES string of the molecule is COCO[C@@H]1C[C@@H](C(=O)O)C[C@H]1NC(=O)OC(C)(C)C.COCO[C@@H]1C[C@@H](NC(=O)OCc2ccccc2)C[C@H]1NC(=O)OC(C)(C)C. The first-order chi connectivity index (χ1) is 22.5. The first-order valence-corrected chi connectivity index (χ1v) is 15.9. The van der Waals surface area contributed by atoms with Crippen molar-refractivity contribution in [3.05, 3.63) is 35.9 Å². The number of rotatable bonds is 12. The summed E-state index contributed by atoms with van der Waals surface area (Å²) in [5.74, 6) is -1.42. The average molecular weight is 684 g/mol. The summed E-state index contributed by atoms with van der Waals surface area (Å²) in [6.07, 6.45) is -0.566. The van der Waals surface area contributed by atoms with Crippen LogP contribution in [0.4, 0.5) is 14.4 Å². The lowest BCUT2D eigenvalue weighted by Crippen LogP contribution is -2.44. The van der Waals surface area contributed by atoms with E-state index in [9.17, 15) is 19.2 Å². The second kappa shape index (κ2) is 19.4. The van der Waals surface area contributed by atoms with Gasteiger partial charge < -0.3 is 54.2 Å². The molecule has 0 radical (unpaired) electrons. The number of nitrogens with one attached hydrogen (secondary N) is 3. The number of amides is 3. The van der Waals surface area contributed by atoms with E-state index in [0.717, 1.165) is 5.56 Å². The van der Waals surface area contributed by atoms with E-state index in [4.69, 9.17) is 38.3 Å². The number of hydrogen-bond acceptors (Lipinski definition) is 11. The van der Waals surface area contributed by atoms with Crippen LogP contribution in [0.1, 0.15) is 72.8 Å². The van der Waals surface area contributed by atoms with Gasteiger partial charge in [0.2, 0.25) is 0 Å². The molecule has 2 fully saturated rings. The number of alkyl carbamates (subject to hydrolysis) is 3. The highest BCUT2D eigenvalue weighted by Crippen LogP contribution is 2.29. The number of hydrogen-bond donors (Lipinski definition) is 4. The molecule has 2 saturated carbocycles. The van der Waals surface area contributed by atoms with Gasteiger partial charge in [0.25, 0.3) is 0 Å². The van der Waals surface area contributed by atoms with Gasteiger partial charge in [-0.25, -0.2) is 14.4 Å². The molecule has 0 heterocycles. The number of carbonyl (C=O) groups is 4. The van der Waals surface area contributed by atoms with E-state index in [2.05, 4.69) is 16.0 Å². The van der Waals surface area contributed by atoms with Gasteiger partial charge in [0.05, 0.1) is 30.2 Å². The Hall–Kier alpha value is -3.66. The molecule has 15 heteroatoms. The Morgan fingerprint density at radius 3 is 1.69 bits per heavy atom. The van der Waals surface area contributed by atoms with Crippen molar-refractivity contribution in [3.8, 4) is 0 Å². The maximum absolute atomic E-state index is 12.1.